The Balaban J connectivity index is 5.09. The van der Waals surface area contributed by atoms with E-state index >= 15 is 0 Å². The highest BCUT2D eigenvalue weighted by Crippen LogP contribution is 2.26. The van der Waals surface area contributed by atoms with E-state index in [1.165, 1.54) is 6.08 Å². The number of ether oxygens (including phenoxy) is 1. The Hall–Kier alpha value is -1.67. The highest BCUT2D eigenvalue weighted by atomic mass is 19.1. The summed E-state index contributed by atoms with van der Waals surface area (Å²) in [5.74, 6) is 0.491. The molecule has 1 nitrogen and oxygen atoms in total. The molecule has 25 heavy (non-hydrogen) atoms. The van der Waals surface area contributed by atoms with E-state index in [-0.39, 0.29) is 17.3 Å². The van der Waals surface area contributed by atoms with Gasteiger partial charge in [0, 0.05) is 12.7 Å². The van der Waals surface area contributed by atoms with Gasteiger partial charge < -0.3 is 4.74 Å². The summed E-state index contributed by atoms with van der Waals surface area (Å²) in [6, 6.07) is 0. The predicted octanol–water partition coefficient (Wildman–Crippen LogP) is 7.12. The summed E-state index contributed by atoms with van der Waals surface area (Å²) in [4.78, 5) is 0. The van der Waals surface area contributed by atoms with Crippen molar-refractivity contribution in [3.8, 4) is 0 Å². The van der Waals surface area contributed by atoms with Crippen LogP contribution in [0, 0.1) is 11.8 Å². The molecule has 0 bridgehead atoms. The zero-order chi connectivity index (χ0) is 19.6. The molecule has 0 saturated heterocycles. The van der Waals surface area contributed by atoms with Crippen LogP contribution in [0.25, 0.3) is 0 Å². The first-order chi connectivity index (χ1) is 11.6. The molecule has 0 fully saturated rings. The van der Waals surface area contributed by atoms with Crippen LogP contribution in [0.15, 0.2) is 72.2 Å². The van der Waals surface area contributed by atoms with E-state index in [9.17, 15) is 4.39 Å². The SMILES string of the molecule is C=C(/C=C(/COC)C(=C)CC)C(=C)/C(F)=C\C(=C)C(C)CCC(C)C. The minimum atomic E-state index is -0.387. The fourth-order valence-electron chi connectivity index (χ4n) is 2.24. The van der Waals surface area contributed by atoms with Gasteiger partial charge in [-0.15, -0.1) is 0 Å². The molecule has 0 rings (SSSR count). The molecular formula is C23H35FO. The van der Waals surface area contributed by atoms with Gasteiger partial charge in [0.25, 0.3) is 0 Å². The maximum atomic E-state index is 14.5. The molecule has 0 heterocycles. The lowest BCUT2D eigenvalue weighted by molar-refractivity contribution is 0.227. The van der Waals surface area contributed by atoms with Crippen molar-refractivity contribution in [1.82, 2.24) is 0 Å². The Morgan fingerprint density at radius 3 is 2.12 bits per heavy atom. The first-order valence-electron chi connectivity index (χ1n) is 8.96. The van der Waals surface area contributed by atoms with E-state index in [1.54, 1.807) is 13.2 Å². The van der Waals surface area contributed by atoms with E-state index in [2.05, 4.69) is 47.1 Å². The Morgan fingerprint density at radius 1 is 1.04 bits per heavy atom. The van der Waals surface area contributed by atoms with Gasteiger partial charge in [0.2, 0.25) is 0 Å². The quantitative estimate of drug-likeness (QED) is 0.342. The molecule has 0 amide bonds. The lowest BCUT2D eigenvalue weighted by Gasteiger charge is -2.14. The number of methoxy groups -OCH3 is 1. The lowest BCUT2D eigenvalue weighted by atomic mass is 9.92. The van der Waals surface area contributed by atoms with Crippen LogP contribution < -0.4 is 0 Å². The van der Waals surface area contributed by atoms with Crippen molar-refractivity contribution in [2.24, 2.45) is 11.8 Å². The van der Waals surface area contributed by atoms with Crippen molar-refractivity contribution >= 4 is 0 Å². The van der Waals surface area contributed by atoms with Crippen LogP contribution in [0.4, 0.5) is 4.39 Å². The van der Waals surface area contributed by atoms with Crippen molar-refractivity contribution in [2.75, 3.05) is 13.7 Å². The standard InChI is InChI=1S/C23H35FO/c1-10-17(4)22(15-25-9)13-20(7)21(8)23(24)14-19(6)18(5)12-11-16(2)3/h13-14,16,18H,4,6-8,10-12,15H2,1-3,5,9H3/b22-13-,23-14+. The van der Waals surface area contributed by atoms with Crippen LogP contribution in [0.2, 0.25) is 0 Å². The van der Waals surface area contributed by atoms with Crippen LogP contribution >= 0.6 is 0 Å². The van der Waals surface area contributed by atoms with Gasteiger partial charge in [-0.25, -0.2) is 4.39 Å². The summed E-state index contributed by atoms with van der Waals surface area (Å²) in [5, 5.41) is 0. The molecule has 0 aliphatic rings. The topological polar surface area (TPSA) is 9.23 Å². The largest absolute Gasteiger partial charge is 0.380 e. The Kier molecular flexibility index (Phi) is 11.0. The third kappa shape index (κ3) is 8.83. The fraction of sp³-hybridized carbons (Fsp3) is 0.478. The van der Waals surface area contributed by atoms with E-state index < -0.39 is 0 Å². The summed E-state index contributed by atoms with van der Waals surface area (Å²) in [5.41, 5.74) is 3.44. The molecule has 0 aromatic rings. The van der Waals surface area contributed by atoms with Crippen LogP contribution in [0.1, 0.15) is 47.0 Å². The zero-order valence-electron chi connectivity index (χ0n) is 16.8. The summed E-state index contributed by atoms with van der Waals surface area (Å²) in [6.07, 6.45) is 6.19. The zero-order valence-corrected chi connectivity index (χ0v) is 16.8. The first kappa shape index (κ1) is 23.3. The predicted molar refractivity (Wildman–Crippen MR) is 109 cm³/mol. The van der Waals surface area contributed by atoms with Gasteiger partial charge >= 0.3 is 0 Å². The second-order valence-electron chi connectivity index (χ2n) is 7.00. The molecule has 0 aliphatic carbocycles. The minimum Gasteiger partial charge on any atom is -0.380 e. The molecule has 140 valence electrons. The lowest BCUT2D eigenvalue weighted by Crippen LogP contribution is -2.01. The first-order valence-corrected chi connectivity index (χ1v) is 8.96. The van der Waals surface area contributed by atoms with Gasteiger partial charge in [0.05, 0.1) is 6.61 Å². The Labute approximate surface area is 154 Å². The van der Waals surface area contributed by atoms with Gasteiger partial charge in [-0.2, -0.15) is 0 Å². The number of allylic oxidation sites excluding steroid dienone is 6. The molecule has 0 aromatic heterocycles. The highest BCUT2D eigenvalue weighted by molar-refractivity contribution is 5.51. The number of rotatable bonds is 12. The second-order valence-corrected chi connectivity index (χ2v) is 7.00. The van der Waals surface area contributed by atoms with E-state index in [0.29, 0.717) is 18.1 Å². The van der Waals surface area contributed by atoms with Crippen LogP contribution in [0.5, 0.6) is 0 Å². The Morgan fingerprint density at radius 2 is 1.64 bits per heavy atom. The van der Waals surface area contributed by atoms with Crippen molar-refractivity contribution in [2.45, 2.75) is 47.0 Å². The summed E-state index contributed by atoms with van der Waals surface area (Å²) >= 11 is 0. The highest BCUT2D eigenvalue weighted by Gasteiger charge is 2.11. The minimum absolute atomic E-state index is 0.244. The van der Waals surface area contributed by atoms with Crippen LogP contribution in [-0.2, 0) is 4.74 Å². The molecule has 1 unspecified atom stereocenters. The normalized spacial score (nSPS) is 13.7. The maximum absolute atomic E-state index is 14.5. The molecular weight excluding hydrogens is 311 g/mol. The average molecular weight is 347 g/mol. The molecule has 2 heteroatoms. The van der Waals surface area contributed by atoms with Gasteiger partial charge in [-0.05, 0) is 59.1 Å². The number of hydrogen-bond donors (Lipinski definition) is 0. The smallest absolute Gasteiger partial charge is 0.130 e. The average Bonchev–Trinajstić information content (AvgIpc) is 2.57. The monoisotopic (exact) mass is 346 g/mol. The van der Waals surface area contributed by atoms with E-state index in [1.807, 2.05) is 6.92 Å². The molecule has 0 aliphatic heterocycles. The van der Waals surface area contributed by atoms with E-state index in [4.69, 9.17) is 4.74 Å². The van der Waals surface area contributed by atoms with Crippen molar-refractivity contribution in [3.63, 3.8) is 0 Å². The van der Waals surface area contributed by atoms with Crippen LogP contribution in [-0.4, -0.2) is 13.7 Å². The number of hydrogen-bond acceptors (Lipinski definition) is 1. The Bertz CT molecular complexity index is 561. The molecule has 0 saturated carbocycles. The molecule has 0 aromatic carbocycles. The number of halogens is 1. The second kappa shape index (κ2) is 11.8. The van der Waals surface area contributed by atoms with Crippen LogP contribution in [0.3, 0.4) is 0 Å². The molecule has 1 atom stereocenters. The van der Waals surface area contributed by atoms with E-state index in [0.717, 1.165) is 36.0 Å². The van der Waals surface area contributed by atoms with Gasteiger partial charge in [0.15, 0.2) is 0 Å². The third-order valence-corrected chi connectivity index (χ3v) is 4.33. The van der Waals surface area contributed by atoms with Crippen molar-refractivity contribution < 1.29 is 9.13 Å². The third-order valence-electron chi connectivity index (χ3n) is 4.33. The van der Waals surface area contributed by atoms with Crippen molar-refractivity contribution in [3.05, 3.63) is 72.2 Å². The molecule has 0 spiro atoms. The maximum Gasteiger partial charge on any atom is 0.130 e. The summed E-state index contributed by atoms with van der Waals surface area (Å²) in [6.45, 7) is 24.7. The van der Waals surface area contributed by atoms with Gasteiger partial charge in [0.1, 0.15) is 5.83 Å². The molecule has 0 radical (unpaired) electrons. The van der Waals surface area contributed by atoms with Gasteiger partial charge in [-0.1, -0.05) is 60.4 Å². The van der Waals surface area contributed by atoms with Crippen molar-refractivity contribution in [1.29, 1.82) is 0 Å². The summed E-state index contributed by atoms with van der Waals surface area (Å²) < 4.78 is 19.7. The van der Waals surface area contributed by atoms with Gasteiger partial charge in [-0.3, -0.25) is 0 Å². The fourth-order valence-corrected chi connectivity index (χ4v) is 2.24. The summed E-state index contributed by atoms with van der Waals surface area (Å²) in [7, 11) is 1.62. The molecule has 0 N–H and O–H groups in total.